The van der Waals surface area contributed by atoms with Crippen molar-refractivity contribution in [2.45, 2.75) is 33.7 Å². The van der Waals surface area contributed by atoms with Gasteiger partial charge in [-0.25, -0.2) is 9.78 Å². The van der Waals surface area contributed by atoms with Crippen LogP contribution in [0.5, 0.6) is 0 Å². The van der Waals surface area contributed by atoms with E-state index in [1.54, 1.807) is 29.5 Å². The molecule has 0 spiro atoms. The fraction of sp³-hybridized carbons (Fsp3) is 0.353. The number of anilines is 1. The molecule has 2 aromatic rings. The average Bonchev–Trinajstić information content (AvgIpc) is 2.88. The third kappa shape index (κ3) is 4.93. The molecule has 0 aliphatic rings. The molecule has 8 heteroatoms. The number of hydrogen-bond acceptors (Lipinski definition) is 4. The normalized spacial score (nSPS) is 11.7. The van der Waals surface area contributed by atoms with Gasteiger partial charge in [0, 0.05) is 17.1 Å². The van der Waals surface area contributed by atoms with Crippen LogP contribution in [0.25, 0.3) is 0 Å². The minimum atomic E-state index is -0.373. The lowest BCUT2D eigenvalue weighted by Crippen LogP contribution is -2.31. The van der Waals surface area contributed by atoms with Gasteiger partial charge in [-0.1, -0.05) is 11.6 Å². The Hall–Kier alpha value is -2.12. The monoisotopic (exact) mass is 380 g/mol. The van der Waals surface area contributed by atoms with Gasteiger partial charge < -0.3 is 16.0 Å². The Morgan fingerprint density at radius 1 is 1.32 bits per heavy atom. The first kappa shape index (κ1) is 19.2. The number of nitrogens with zero attached hydrogens (tertiary/aromatic N) is 1. The van der Waals surface area contributed by atoms with E-state index in [0.29, 0.717) is 22.8 Å². The largest absolute Gasteiger partial charge is 0.352 e. The minimum Gasteiger partial charge on any atom is -0.352 e. The van der Waals surface area contributed by atoms with Gasteiger partial charge in [0.1, 0.15) is 0 Å². The highest BCUT2D eigenvalue weighted by Crippen LogP contribution is 2.23. The zero-order valence-electron chi connectivity index (χ0n) is 14.6. The standard InChI is InChI=1S/C17H21ClN4O2S/c1-5-19-16(23)13-8-12(6-7-14(13)18)22-17(24)20-9(2)15-10(3)25-11(4)21-15/h6-9H,5H2,1-4H3,(H,19,23)(H2,20,22,24)/t9-/m0/s1. The van der Waals surface area contributed by atoms with E-state index < -0.39 is 0 Å². The Kier molecular flexibility index (Phi) is 6.39. The molecule has 3 N–H and O–H groups in total. The lowest BCUT2D eigenvalue weighted by Gasteiger charge is -2.14. The van der Waals surface area contributed by atoms with Gasteiger partial charge >= 0.3 is 6.03 Å². The SMILES string of the molecule is CCNC(=O)c1cc(NC(=O)N[C@@H](C)c2nc(C)sc2C)ccc1Cl. The van der Waals surface area contributed by atoms with Gasteiger partial charge in [-0.15, -0.1) is 11.3 Å². The molecule has 0 aliphatic heterocycles. The van der Waals surface area contributed by atoms with Crippen LogP contribution >= 0.6 is 22.9 Å². The van der Waals surface area contributed by atoms with Crippen molar-refractivity contribution in [1.29, 1.82) is 0 Å². The molecular formula is C17H21ClN4O2S. The highest BCUT2D eigenvalue weighted by atomic mass is 35.5. The summed E-state index contributed by atoms with van der Waals surface area (Å²) in [5, 5.41) is 9.55. The van der Waals surface area contributed by atoms with E-state index in [9.17, 15) is 9.59 Å². The zero-order valence-corrected chi connectivity index (χ0v) is 16.1. The van der Waals surface area contributed by atoms with Gasteiger partial charge in [0.05, 0.1) is 27.3 Å². The van der Waals surface area contributed by atoms with Crippen molar-refractivity contribution in [2.75, 3.05) is 11.9 Å². The topological polar surface area (TPSA) is 83.1 Å². The molecule has 0 bridgehead atoms. The number of rotatable bonds is 5. The van der Waals surface area contributed by atoms with E-state index in [1.165, 1.54) is 0 Å². The Bertz CT molecular complexity index is 791. The first-order valence-corrected chi connectivity index (χ1v) is 9.10. The van der Waals surface area contributed by atoms with Gasteiger partial charge in [-0.2, -0.15) is 0 Å². The van der Waals surface area contributed by atoms with E-state index in [1.807, 2.05) is 27.7 Å². The molecule has 0 saturated heterocycles. The molecule has 0 fully saturated rings. The highest BCUT2D eigenvalue weighted by Gasteiger charge is 2.16. The summed E-state index contributed by atoms with van der Waals surface area (Å²) in [7, 11) is 0. The number of aryl methyl sites for hydroxylation is 2. The van der Waals surface area contributed by atoms with Crippen molar-refractivity contribution >= 4 is 40.6 Å². The smallest absolute Gasteiger partial charge is 0.319 e. The maximum absolute atomic E-state index is 12.2. The van der Waals surface area contributed by atoms with Crippen molar-refractivity contribution in [3.63, 3.8) is 0 Å². The second-order valence-corrected chi connectivity index (χ2v) is 7.36. The second kappa shape index (κ2) is 8.31. The summed E-state index contributed by atoms with van der Waals surface area (Å²) in [5.74, 6) is -0.279. The van der Waals surface area contributed by atoms with Gasteiger partial charge in [-0.3, -0.25) is 4.79 Å². The Morgan fingerprint density at radius 3 is 2.64 bits per heavy atom. The van der Waals surface area contributed by atoms with Crippen molar-refractivity contribution < 1.29 is 9.59 Å². The molecule has 25 heavy (non-hydrogen) atoms. The molecule has 0 radical (unpaired) electrons. The minimum absolute atomic E-state index is 0.222. The van der Waals surface area contributed by atoms with Crippen LogP contribution in [0.1, 0.15) is 45.8 Å². The molecule has 134 valence electrons. The number of aromatic nitrogens is 1. The lowest BCUT2D eigenvalue weighted by atomic mass is 10.2. The predicted molar refractivity (Wildman–Crippen MR) is 102 cm³/mol. The fourth-order valence-corrected chi connectivity index (χ4v) is 3.53. The zero-order chi connectivity index (χ0) is 18.6. The molecule has 1 aromatic heterocycles. The van der Waals surface area contributed by atoms with Crippen molar-refractivity contribution in [1.82, 2.24) is 15.6 Å². The lowest BCUT2D eigenvalue weighted by molar-refractivity contribution is 0.0956. The van der Waals surface area contributed by atoms with Gasteiger partial charge in [-0.05, 0) is 45.9 Å². The molecule has 0 saturated carbocycles. The maximum atomic E-state index is 12.2. The first-order valence-electron chi connectivity index (χ1n) is 7.91. The number of carbonyl (C=O) groups excluding carboxylic acids is 2. The second-order valence-electron chi connectivity index (χ2n) is 5.55. The van der Waals surface area contributed by atoms with Crippen LogP contribution in [0.2, 0.25) is 5.02 Å². The van der Waals surface area contributed by atoms with E-state index in [0.717, 1.165) is 15.6 Å². The number of hydrogen-bond donors (Lipinski definition) is 3. The molecule has 0 unspecified atom stereocenters. The number of benzene rings is 1. The van der Waals surface area contributed by atoms with E-state index in [-0.39, 0.29) is 18.0 Å². The number of carbonyl (C=O) groups is 2. The average molecular weight is 381 g/mol. The number of nitrogens with one attached hydrogen (secondary N) is 3. The third-order valence-electron chi connectivity index (χ3n) is 3.50. The van der Waals surface area contributed by atoms with Crippen LogP contribution in [0.4, 0.5) is 10.5 Å². The predicted octanol–water partition coefficient (Wildman–Crippen LogP) is 4.05. The molecular weight excluding hydrogens is 360 g/mol. The molecule has 1 aromatic carbocycles. The number of urea groups is 1. The molecule has 1 atom stereocenters. The number of thiazole rings is 1. The van der Waals surface area contributed by atoms with Crippen LogP contribution in [0, 0.1) is 13.8 Å². The Balaban J connectivity index is 2.06. The first-order chi connectivity index (χ1) is 11.8. The van der Waals surface area contributed by atoms with Crippen molar-refractivity contribution in [3.8, 4) is 0 Å². The summed E-state index contributed by atoms with van der Waals surface area (Å²) in [4.78, 5) is 29.7. The van der Waals surface area contributed by atoms with Crippen LogP contribution in [-0.4, -0.2) is 23.5 Å². The third-order valence-corrected chi connectivity index (χ3v) is 4.73. The van der Waals surface area contributed by atoms with Crippen LogP contribution in [0.3, 0.4) is 0 Å². The highest BCUT2D eigenvalue weighted by molar-refractivity contribution is 7.11. The van der Waals surface area contributed by atoms with E-state index >= 15 is 0 Å². The molecule has 1 heterocycles. The van der Waals surface area contributed by atoms with Crippen molar-refractivity contribution in [2.24, 2.45) is 0 Å². The van der Waals surface area contributed by atoms with Gasteiger partial charge in [0.15, 0.2) is 0 Å². The summed E-state index contributed by atoms with van der Waals surface area (Å²) in [6.07, 6.45) is 0. The van der Waals surface area contributed by atoms with E-state index in [4.69, 9.17) is 11.6 Å². The fourth-order valence-electron chi connectivity index (χ4n) is 2.41. The van der Waals surface area contributed by atoms with Crippen molar-refractivity contribution in [3.05, 3.63) is 44.4 Å². The molecule has 2 rings (SSSR count). The molecule has 6 nitrogen and oxygen atoms in total. The van der Waals surface area contributed by atoms with E-state index in [2.05, 4.69) is 20.9 Å². The number of amides is 3. The number of halogens is 1. The Morgan fingerprint density at radius 2 is 2.04 bits per heavy atom. The van der Waals surface area contributed by atoms with Gasteiger partial charge in [0.25, 0.3) is 5.91 Å². The summed E-state index contributed by atoms with van der Waals surface area (Å²) in [6.45, 7) is 8.11. The molecule has 0 aliphatic carbocycles. The van der Waals surface area contributed by atoms with Crippen LogP contribution in [0.15, 0.2) is 18.2 Å². The summed E-state index contributed by atoms with van der Waals surface area (Å²) in [5.41, 5.74) is 1.67. The summed E-state index contributed by atoms with van der Waals surface area (Å²) in [6, 6.07) is 4.18. The quantitative estimate of drug-likeness (QED) is 0.731. The maximum Gasteiger partial charge on any atom is 0.319 e. The van der Waals surface area contributed by atoms with Crippen LogP contribution < -0.4 is 16.0 Å². The van der Waals surface area contributed by atoms with Gasteiger partial charge in [0.2, 0.25) is 0 Å². The van der Waals surface area contributed by atoms with Crippen LogP contribution in [-0.2, 0) is 0 Å². The summed E-state index contributed by atoms with van der Waals surface area (Å²) >= 11 is 7.65. The summed E-state index contributed by atoms with van der Waals surface area (Å²) < 4.78 is 0. The Labute approximate surface area is 156 Å². The molecule has 3 amide bonds.